The second kappa shape index (κ2) is 19.7. The number of carbonyl (C=O) groups excluding carboxylic acids is 2. The van der Waals surface area contributed by atoms with Crippen LogP contribution >= 0.6 is 11.3 Å². The molecule has 2 amide bonds. The molecule has 4 aliphatic heterocycles. The average Bonchev–Trinajstić information content (AvgIpc) is 4.06. The normalized spacial score (nSPS) is 22.6. The third kappa shape index (κ3) is 9.89. The Bertz CT molecular complexity index is 2480. The maximum Gasteiger partial charge on any atom is 0.254 e. The van der Waals surface area contributed by atoms with Crippen LogP contribution < -0.4 is 20.3 Å². The lowest BCUT2D eigenvalue weighted by Gasteiger charge is -2.47. The number of nitrogens with zero attached hydrogens (tertiary/aromatic N) is 8. The van der Waals surface area contributed by atoms with Crippen LogP contribution in [0.4, 0.5) is 11.5 Å². The summed E-state index contributed by atoms with van der Waals surface area (Å²) in [5, 5.41) is 40.9. The number of rotatable bonds is 14. The highest BCUT2D eigenvalue weighted by Crippen LogP contribution is 2.37. The second-order valence-corrected chi connectivity index (χ2v) is 19.8. The van der Waals surface area contributed by atoms with Crippen molar-refractivity contribution in [3.05, 3.63) is 83.2 Å². The number of piperazine rings is 1. The van der Waals surface area contributed by atoms with Gasteiger partial charge in [0.1, 0.15) is 23.8 Å². The summed E-state index contributed by atoms with van der Waals surface area (Å²) in [5.74, 6) is 0.744. The van der Waals surface area contributed by atoms with Crippen LogP contribution in [0.15, 0.2) is 70.7 Å². The number of aliphatic hydroxyl groups excluding tert-OH is 1. The number of phenolic OH excluding ortho intramolecular Hbond substituents is 1. The van der Waals surface area contributed by atoms with Crippen LogP contribution in [0, 0.1) is 18.8 Å². The Balaban J connectivity index is 0.764. The highest BCUT2D eigenvalue weighted by molar-refractivity contribution is 7.13. The van der Waals surface area contributed by atoms with E-state index in [0.717, 1.165) is 92.0 Å². The molecular formula is C49H62N10O6S. The Morgan fingerprint density at radius 1 is 1.00 bits per heavy atom. The second-order valence-electron chi connectivity index (χ2n) is 19.0. The summed E-state index contributed by atoms with van der Waals surface area (Å²) in [7, 11) is 0. The van der Waals surface area contributed by atoms with Gasteiger partial charge in [-0.25, -0.2) is 4.98 Å². The van der Waals surface area contributed by atoms with Gasteiger partial charge < -0.3 is 39.9 Å². The fraction of sp³-hybridized carbons (Fsp3) is 0.510. The number of phenols is 1. The number of aryl methyl sites for hydroxylation is 1. The van der Waals surface area contributed by atoms with Gasteiger partial charge in [0, 0.05) is 70.4 Å². The molecule has 3 fully saturated rings. The average molecular weight is 919 g/mol. The molecule has 0 bridgehead atoms. The fourth-order valence-electron chi connectivity index (χ4n) is 10.4. The zero-order chi connectivity index (χ0) is 46.1. The molecule has 4 aliphatic rings. The van der Waals surface area contributed by atoms with E-state index in [0.29, 0.717) is 34.9 Å². The summed E-state index contributed by atoms with van der Waals surface area (Å²) in [6, 6.07) is 18.2. The Hall–Kier alpha value is -5.62. The fourth-order valence-corrected chi connectivity index (χ4v) is 11.2. The van der Waals surface area contributed by atoms with Crippen molar-refractivity contribution in [2.75, 3.05) is 69.1 Å². The number of ether oxygens (including phenoxy) is 1. The van der Waals surface area contributed by atoms with Crippen molar-refractivity contribution in [1.29, 1.82) is 0 Å². The van der Waals surface area contributed by atoms with E-state index in [1.807, 2.05) is 88.7 Å². The molecule has 0 unspecified atom stereocenters. The van der Waals surface area contributed by atoms with E-state index >= 15 is 0 Å². The number of carbonyl (C=O) groups is 2. The largest absolute Gasteiger partial charge is 0.507 e. The number of amides is 2. The third-order valence-electron chi connectivity index (χ3n) is 13.7. The number of hydrogen-bond acceptors (Lipinski definition) is 15. The van der Waals surface area contributed by atoms with Gasteiger partial charge in [0.25, 0.3) is 5.88 Å². The zero-order valence-corrected chi connectivity index (χ0v) is 39.3. The van der Waals surface area contributed by atoms with Crippen LogP contribution in [0.1, 0.15) is 75.9 Å². The van der Waals surface area contributed by atoms with Gasteiger partial charge in [-0.05, 0) is 86.5 Å². The molecule has 4 N–H and O–H groups in total. The minimum Gasteiger partial charge on any atom is -0.507 e. The Labute approximate surface area is 390 Å². The minimum absolute atomic E-state index is 0.0592. The molecule has 0 aliphatic carbocycles. The first-order valence-corrected chi connectivity index (χ1v) is 24.3. The van der Waals surface area contributed by atoms with Crippen molar-refractivity contribution in [1.82, 2.24) is 40.4 Å². The molecule has 7 atom stereocenters. The molecule has 3 saturated heterocycles. The van der Waals surface area contributed by atoms with Crippen molar-refractivity contribution in [2.45, 2.75) is 90.1 Å². The number of piperidine rings is 1. The number of nitrogens with one attached hydrogen (secondary N) is 2. The highest BCUT2D eigenvalue weighted by atomic mass is 32.1. The molecule has 3 aromatic heterocycles. The van der Waals surface area contributed by atoms with Crippen molar-refractivity contribution in [2.24, 2.45) is 11.8 Å². The SMILES string of the molecule is Cc1ncsc1-c1ccc([C@H](C)NC(=O)[C@@H]2C[C@@H](O)CN2C(=O)[C@@H](c2cc(O[C@@H](C)CN3CCC[C@@H](CN4CCN5c6cc(-c7ccccc7O)nnc6NC[C@@H]5C4)C3)no2)C(C)C)cc1. The molecule has 0 saturated carbocycles. The standard InChI is InChI=1S/C49H62N10O6S/c1-29(2)45(49(63)59-27-37(60)19-41(59)48(62)52-31(4)34-12-14-35(15-13-34)46-32(5)51-28-66-46)43-21-44(55-65-43)64-30(3)23-56-16-8-9-33(24-56)25-57-17-18-58-36(26-57)22-50-47-40(58)20-39(53-54-47)38-10-6-7-11-42(38)61/h6-7,10-15,20-21,28-31,33,36-37,41,45,60-61H,8-9,16-19,22-27H2,1-5H3,(H,50,54)(H,52,62)/t30-,31-,33+,36+,37+,41-,45+/m0/s1. The number of thiazole rings is 1. The summed E-state index contributed by atoms with van der Waals surface area (Å²) in [6.45, 7) is 17.3. The number of aliphatic hydroxyl groups is 1. The van der Waals surface area contributed by atoms with E-state index in [1.165, 1.54) is 11.3 Å². The lowest BCUT2D eigenvalue weighted by atomic mass is 9.91. The van der Waals surface area contributed by atoms with Crippen molar-refractivity contribution >= 4 is 34.7 Å². The van der Waals surface area contributed by atoms with Crippen LogP contribution in [-0.4, -0.2) is 140 Å². The summed E-state index contributed by atoms with van der Waals surface area (Å²) in [6.07, 6.45) is 1.47. The first kappa shape index (κ1) is 45.5. The number of benzene rings is 2. The van der Waals surface area contributed by atoms with E-state index in [9.17, 15) is 19.8 Å². The highest BCUT2D eigenvalue weighted by Gasteiger charge is 2.44. The zero-order valence-electron chi connectivity index (χ0n) is 38.5. The maximum atomic E-state index is 14.3. The maximum absolute atomic E-state index is 14.3. The van der Waals surface area contributed by atoms with Gasteiger partial charge in [-0.1, -0.05) is 50.2 Å². The molecule has 2 aromatic carbocycles. The predicted molar refractivity (Wildman–Crippen MR) is 254 cm³/mol. The van der Waals surface area contributed by atoms with Crippen molar-refractivity contribution in [3.63, 3.8) is 0 Å². The monoisotopic (exact) mass is 918 g/mol. The summed E-state index contributed by atoms with van der Waals surface area (Å²) in [4.78, 5) is 42.6. The number of aromatic nitrogens is 4. The molecular weight excluding hydrogens is 857 g/mol. The first-order valence-electron chi connectivity index (χ1n) is 23.4. The lowest BCUT2D eigenvalue weighted by molar-refractivity contribution is -0.141. The molecule has 0 spiro atoms. The molecule has 7 heterocycles. The lowest BCUT2D eigenvalue weighted by Crippen LogP contribution is -2.59. The van der Waals surface area contributed by atoms with E-state index < -0.39 is 18.1 Å². The Morgan fingerprint density at radius 3 is 2.59 bits per heavy atom. The summed E-state index contributed by atoms with van der Waals surface area (Å²) in [5.41, 5.74) is 7.21. The van der Waals surface area contributed by atoms with Crippen molar-refractivity contribution in [3.8, 4) is 33.3 Å². The van der Waals surface area contributed by atoms with Crippen LogP contribution in [0.5, 0.6) is 11.6 Å². The van der Waals surface area contributed by atoms with E-state index in [2.05, 4.69) is 45.7 Å². The van der Waals surface area contributed by atoms with Crippen LogP contribution in [0.2, 0.25) is 0 Å². The molecule has 16 nitrogen and oxygen atoms in total. The predicted octanol–water partition coefficient (Wildman–Crippen LogP) is 5.94. The molecule has 5 aromatic rings. The van der Waals surface area contributed by atoms with Gasteiger partial charge in [-0.15, -0.1) is 21.5 Å². The smallest absolute Gasteiger partial charge is 0.254 e. The number of para-hydroxylation sites is 1. The van der Waals surface area contributed by atoms with Crippen LogP contribution in [0.3, 0.4) is 0 Å². The number of aromatic hydroxyl groups is 1. The van der Waals surface area contributed by atoms with Gasteiger partial charge in [-0.3, -0.25) is 19.4 Å². The number of anilines is 2. The van der Waals surface area contributed by atoms with Gasteiger partial charge in [0.2, 0.25) is 11.8 Å². The number of fused-ring (bicyclic) bond motifs is 3. The molecule has 350 valence electrons. The van der Waals surface area contributed by atoms with Crippen LogP contribution in [0.25, 0.3) is 21.7 Å². The molecule has 0 radical (unpaired) electrons. The van der Waals surface area contributed by atoms with Gasteiger partial charge >= 0.3 is 0 Å². The molecule has 9 rings (SSSR count). The number of hydrogen-bond donors (Lipinski definition) is 4. The van der Waals surface area contributed by atoms with E-state index in [-0.39, 0.29) is 48.6 Å². The third-order valence-corrected chi connectivity index (χ3v) is 14.7. The van der Waals surface area contributed by atoms with Crippen molar-refractivity contribution < 1.29 is 29.1 Å². The van der Waals surface area contributed by atoms with E-state index in [4.69, 9.17) is 9.26 Å². The van der Waals surface area contributed by atoms with Gasteiger partial charge in [-0.2, -0.15) is 0 Å². The number of likely N-dealkylation sites (tertiary alicyclic amines) is 2. The Kier molecular flexibility index (Phi) is 13.6. The molecule has 66 heavy (non-hydrogen) atoms. The summed E-state index contributed by atoms with van der Waals surface area (Å²) < 4.78 is 12.1. The molecule has 17 heteroatoms. The Morgan fingerprint density at radius 2 is 1.82 bits per heavy atom. The first-order chi connectivity index (χ1) is 31.9. The van der Waals surface area contributed by atoms with Gasteiger partial charge in [0.05, 0.1) is 45.7 Å². The van der Waals surface area contributed by atoms with E-state index in [1.54, 1.807) is 23.5 Å². The quantitative estimate of drug-likeness (QED) is 0.103. The number of β-amino-alcohol motifs (C(OH)–C–C–N with tert-alkyl or cyclic N) is 1. The minimum atomic E-state index is -0.824. The van der Waals surface area contributed by atoms with Gasteiger partial charge in [0.15, 0.2) is 11.6 Å². The topological polar surface area (TPSA) is 186 Å². The van der Waals surface area contributed by atoms with Crippen LogP contribution in [-0.2, 0) is 9.59 Å². The summed E-state index contributed by atoms with van der Waals surface area (Å²) >= 11 is 1.59.